The van der Waals surface area contributed by atoms with Gasteiger partial charge in [0.1, 0.15) is 0 Å². The van der Waals surface area contributed by atoms with E-state index in [-0.39, 0.29) is 0 Å². The van der Waals surface area contributed by atoms with Gasteiger partial charge in [-0.1, -0.05) is 32.8 Å². The number of hydrogen-bond acceptors (Lipinski definition) is 3. The van der Waals surface area contributed by atoms with Gasteiger partial charge in [0, 0.05) is 12.7 Å². The van der Waals surface area contributed by atoms with E-state index in [0.717, 1.165) is 31.3 Å². The van der Waals surface area contributed by atoms with Crippen molar-refractivity contribution < 1.29 is 13.6 Å². The second kappa shape index (κ2) is 10.5. The molecule has 0 aromatic rings. The molecule has 0 aliphatic heterocycles. The molecular weight excluding hydrogens is 261 g/mol. The lowest BCUT2D eigenvalue weighted by atomic mass is 10.3. The highest BCUT2D eigenvalue weighted by Gasteiger charge is 2.31. The van der Waals surface area contributed by atoms with Gasteiger partial charge in [0.15, 0.2) is 0 Å². The van der Waals surface area contributed by atoms with Crippen LogP contribution in [0.1, 0.15) is 60.3 Å². The number of allylic oxidation sites excluding steroid dienone is 1. The molecule has 0 aromatic carbocycles. The van der Waals surface area contributed by atoms with Gasteiger partial charge in [-0.05, 0) is 33.1 Å². The SMILES string of the molecule is CCCCN(C=C(C)C)P(=O)(OCCC)OCCC. The van der Waals surface area contributed by atoms with Crippen molar-refractivity contribution in [3.8, 4) is 0 Å². The van der Waals surface area contributed by atoms with Crippen molar-refractivity contribution in [1.29, 1.82) is 0 Å². The van der Waals surface area contributed by atoms with Crippen LogP contribution in [0.25, 0.3) is 0 Å². The summed E-state index contributed by atoms with van der Waals surface area (Å²) < 4.78 is 25.8. The second-order valence-electron chi connectivity index (χ2n) is 4.86. The predicted molar refractivity (Wildman–Crippen MR) is 81.1 cm³/mol. The molecule has 0 spiro atoms. The van der Waals surface area contributed by atoms with E-state index in [1.165, 1.54) is 0 Å². The summed E-state index contributed by atoms with van der Waals surface area (Å²) in [7, 11) is -3.19. The van der Waals surface area contributed by atoms with Gasteiger partial charge in [0.2, 0.25) is 0 Å². The third-order valence-electron chi connectivity index (χ3n) is 2.38. The van der Waals surface area contributed by atoms with Crippen molar-refractivity contribution in [2.24, 2.45) is 0 Å². The summed E-state index contributed by atoms with van der Waals surface area (Å²) in [4.78, 5) is 0. The molecule has 5 heteroatoms. The molecule has 0 aliphatic carbocycles. The Morgan fingerprint density at radius 3 is 1.95 bits per heavy atom. The van der Waals surface area contributed by atoms with E-state index in [4.69, 9.17) is 9.05 Å². The highest BCUT2D eigenvalue weighted by Crippen LogP contribution is 2.52. The molecule has 0 aliphatic rings. The van der Waals surface area contributed by atoms with E-state index in [9.17, 15) is 4.57 Å². The van der Waals surface area contributed by atoms with Gasteiger partial charge in [0.05, 0.1) is 13.2 Å². The first-order chi connectivity index (χ1) is 9.00. The molecule has 0 bridgehead atoms. The van der Waals surface area contributed by atoms with Crippen LogP contribution in [0.4, 0.5) is 0 Å². The van der Waals surface area contributed by atoms with Gasteiger partial charge in [-0.2, -0.15) is 0 Å². The molecule has 0 aromatic heterocycles. The van der Waals surface area contributed by atoms with E-state index in [1.807, 2.05) is 33.9 Å². The summed E-state index contributed by atoms with van der Waals surface area (Å²) in [5.74, 6) is 0. The fraction of sp³-hybridized carbons (Fsp3) is 0.857. The molecule has 0 radical (unpaired) electrons. The molecule has 0 saturated heterocycles. The maximum absolute atomic E-state index is 12.9. The van der Waals surface area contributed by atoms with E-state index >= 15 is 0 Å². The molecule has 19 heavy (non-hydrogen) atoms. The lowest BCUT2D eigenvalue weighted by Crippen LogP contribution is -2.20. The molecule has 0 amide bonds. The molecule has 0 heterocycles. The standard InChI is InChI=1S/C14H30NO3P/c1-6-9-10-15(13-14(4)5)19(16,17-11-7-2)18-12-8-3/h13H,6-12H2,1-5H3. The van der Waals surface area contributed by atoms with Gasteiger partial charge in [-0.3, -0.25) is 13.7 Å². The van der Waals surface area contributed by atoms with Gasteiger partial charge < -0.3 is 0 Å². The van der Waals surface area contributed by atoms with Crippen LogP contribution in [0.3, 0.4) is 0 Å². The van der Waals surface area contributed by atoms with E-state index in [0.29, 0.717) is 19.8 Å². The van der Waals surface area contributed by atoms with Crippen LogP contribution in [0, 0.1) is 0 Å². The zero-order valence-electron chi connectivity index (χ0n) is 13.1. The maximum atomic E-state index is 12.9. The Morgan fingerprint density at radius 2 is 1.58 bits per heavy atom. The summed E-state index contributed by atoms with van der Waals surface area (Å²) in [6.45, 7) is 11.7. The van der Waals surface area contributed by atoms with Crippen molar-refractivity contribution in [1.82, 2.24) is 4.67 Å². The maximum Gasteiger partial charge on any atom is 0.434 e. The number of rotatable bonds is 11. The third-order valence-corrected chi connectivity index (χ3v) is 4.34. The van der Waals surface area contributed by atoms with E-state index in [2.05, 4.69) is 6.92 Å². The van der Waals surface area contributed by atoms with Gasteiger partial charge in [-0.25, -0.2) is 4.57 Å². The molecule has 0 fully saturated rings. The molecule has 0 saturated carbocycles. The van der Waals surface area contributed by atoms with Crippen LogP contribution in [0.5, 0.6) is 0 Å². The highest BCUT2D eigenvalue weighted by molar-refractivity contribution is 7.51. The molecule has 0 atom stereocenters. The topological polar surface area (TPSA) is 38.8 Å². The van der Waals surface area contributed by atoms with Crippen LogP contribution >= 0.6 is 7.75 Å². The smallest absolute Gasteiger partial charge is 0.292 e. The summed E-state index contributed by atoms with van der Waals surface area (Å²) in [6.07, 6.45) is 5.57. The highest BCUT2D eigenvalue weighted by atomic mass is 31.2. The quantitative estimate of drug-likeness (QED) is 0.504. The first-order valence-corrected chi connectivity index (χ1v) is 8.80. The zero-order valence-corrected chi connectivity index (χ0v) is 14.0. The van der Waals surface area contributed by atoms with Crippen LogP contribution in [0.2, 0.25) is 0 Å². The van der Waals surface area contributed by atoms with Crippen molar-refractivity contribution in [2.75, 3.05) is 19.8 Å². The van der Waals surface area contributed by atoms with Crippen LogP contribution in [-0.4, -0.2) is 24.4 Å². The minimum Gasteiger partial charge on any atom is -0.292 e. The molecular formula is C14H30NO3P. The van der Waals surface area contributed by atoms with Crippen molar-refractivity contribution in [3.05, 3.63) is 11.8 Å². The first kappa shape index (κ1) is 18.7. The molecule has 114 valence electrons. The largest absolute Gasteiger partial charge is 0.434 e. The van der Waals surface area contributed by atoms with Crippen molar-refractivity contribution >= 4 is 7.75 Å². The summed E-state index contributed by atoms with van der Waals surface area (Å²) in [5, 5.41) is 0. The normalized spacial score (nSPS) is 11.4. The van der Waals surface area contributed by atoms with E-state index < -0.39 is 7.75 Å². The van der Waals surface area contributed by atoms with Gasteiger partial charge in [-0.15, -0.1) is 0 Å². The lowest BCUT2D eigenvalue weighted by molar-refractivity contribution is 0.169. The van der Waals surface area contributed by atoms with Crippen LogP contribution in [-0.2, 0) is 13.6 Å². The molecule has 0 unspecified atom stereocenters. The fourth-order valence-electron chi connectivity index (χ4n) is 1.47. The zero-order chi connectivity index (χ0) is 14.7. The second-order valence-corrected chi connectivity index (χ2v) is 6.83. The third kappa shape index (κ3) is 7.76. The minimum atomic E-state index is -3.19. The summed E-state index contributed by atoms with van der Waals surface area (Å²) >= 11 is 0. The Kier molecular flexibility index (Phi) is 10.3. The van der Waals surface area contributed by atoms with Gasteiger partial charge in [0.25, 0.3) is 0 Å². The number of hydrogen-bond donors (Lipinski definition) is 0. The average molecular weight is 291 g/mol. The summed E-state index contributed by atoms with van der Waals surface area (Å²) in [6, 6.07) is 0. The number of unbranched alkanes of at least 4 members (excludes halogenated alkanes) is 1. The Bertz CT molecular complexity index is 289. The average Bonchev–Trinajstić information content (AvgIpc) is 2.38. The van der Waals surface area contributed by atoms with Gasteiger partial charge >= 0.3 is 7.75 Å². The monoisotopic (exact) mass is 291 g/mol. The first-order valence-electron chi connectivity index (χ1n) is 7.31. The lowest BCUT2D eigenvalue weighted by Gasteiger charge is -2.29. The Labute approximate surface area is 118 Å². The number of nitrogens with zero attached hydrogens (tertiary/aromatic N) is 1. The minimum absolute atomic E-state index is 0.459. The fourth-order valence-corrected chi connectivity index (χ4v) is 3.43. The van der Waals surface area contributed by atoms with E-state index in [1.54, 1.807) is 4.67 Å². The Hall–Kier alpha value is -0.310. The van der Waals surface area contributed by atoms with Crippen molar-refractivity contribution in [3.63, 3.8) is 0 Å². The van der Waals surface area contributed by atoms with Crippen LogP contribution in [0.15, 0.2) is 11.8 Å². The van der Waals surface area contributed by atoms with Crippen molar-refractivity contribution in [2.45, 2.75) is 60.3 Å². The predicted octanol–water partition coefficient (Wildman–Crippen LogP) is 4.97. The van der Waals surface area contributed by atoms with Crippen LogP contribution < -0.4 is 0 Å². The molecule has 4 nitrogen and oxygen atoms in total. The Morgan fingerprint density at radius 1 is 1.05 bits per heavy atom. The molecule has 0 N–H and O–H groups in total. The molecule has 0 rings (SSSR count). The summed E-state index contributed by atoms with van der Waals surface area (Å²) in [5.41, 5.74) is 1.09. The Balaban J connectivity index is 4.97.